The van der Waals surface area contributed by atoms with Crippen LogP contribution in [-0.4, -0.2) is 99.1 Å². The Morgan fingerprint density at radius 2 is 1.65 bits per heavy atom. The molecule has 7 nitrogen and oxygen atoms in total. The van der Waals surface area contributed by atoms with Gasteiger partial charge >= 0.3 is 0 Å². The zero-order chi connectivity index (χ0) is 16.9. The Morgan fingerprint density at radius 1 is 1.04 bits per heavy atom. The molecule has 132 valence electrons. The van der Waals surface area contributed by atoms with Gasteiger partial charge in [0, 0.05) is 52.4 Å². The summed E-state index contributed by atoms with van der Waals surface area (Å²) < 4.78 is 5.30. The van der Waals surface area contributed by atoms with E-state index in [1.807, 2.05) is 11.9 Å². The van der Waals surface area contributed by atoms with Crippen molar-refractivity contribution < 1.29 is 14.3 Å². The normalized spacial score (nSPS) is 21.3. The highest BCUT2D eigenvalue weighted by Gasteiger charge is 2.39. The molecule has 0 aliphatic carbocycles. The zero-order valence-corrected chi connectivity index (χ0v) is 14.6. The van der Waals surface area contributed by atoms with E-state index in [9.17, 15) is 9.59 Å². The minimum absolute atomic E-state index is 0.0746. The molecule has 7 heteroatoms. The Bertz CT molecular complexity index is 414. The average molecular weight is 326 g/mol. The molecule has 0 unspecified atom stereocenters. The molecule has 2 heterocycles. The van der Waals surface area contributed by atoms with Gasteiger partial charge in [-0.25, -0.2) is 0 Å². The molecule has 0 aromatic heterocycles. The van der Waals surface area contributed by atoms with Gasteiger partial charge in [-0.2, -0.15) is 0 Å². The second-order valence-corrected chi connectivity index (χ2v) is 6.93. The number of rotatable bonds is 5. The van der Waals surface area contributed by atoms with Gasteiger partial charge in [0.1, 0.15) is 5.41 Å². The zero-order valence-electron chi connectivity index (χ0n) is 14.6. The quantitative estimate of drug-likeness (QED) is 0.673. The fraction of sp³-hybridized carbons (Fsp3) is 0.875. The fourth-order valence-corrected chi connectivity index (χ4v) is 2.88. The Kier molecular flexibility index (Phi) is 6.38. The van der Waals surface area contributed by atoms with E-state index < -0.39 is 5.41 Å². The summed E-state index contributed by atoms with van der Waals surface area (Å²) in [7, 11) is 2.05. The average Bonchev–Trinajstić information content (AvgIpc) is 2.55. The van der Waals surface area contributed by atoms with Crippen LogP contribution < -0.4 is 5.32 Å². The van der Waals surface area contributed by atoms with E-state index >= 15 is 0 Å². The molecule has 2 rings (SSSR count). The number of amides is 2. The van der Waals surface area contributed by atoms with Crippen LogP contribution in [0.25, 0.3) is 0 Å². The Balaban J connectivity index is 1.77. The van der Waals surface area contributed by atoms with E-state index in [0.717, 1.165) is 45.9 Å². The molecule has 0 aromatic rings. The topological polar surface area (TPSA) is 65.1 Å². The lowest BCUT2D eigenvalue weighted by Crippen LogP contribution is -2.55. The number of piperazine rings is 1. The molecule has 0 atom stereocenters. The Hall–Kier alpha value is -1.18. The summed E-state index contributed by atoms with van der Waals surface area (Å²) in [6.07, 6.45) is 0. The van der Waals surface area contributed by atoms with Gasteiger partial charge in [0.05, 0.1) is 13.2 Å². The van der Waals surface area contributed by atoms with Crippen LogP contribution in [0.5, 0.6) is 0 Å². The van der Waals surface area contributed by atoms with Crippen molar-refractivity contribution in [3.05, 3.63) is 0 Å². The minimum Gasteiger partial charge on any atom is -0.379 e. The third kappa shape index (κ3) is 4.89. The monoisotopic (exact) mass is 326 g/mol. The number of carbonyl (C=O) groups excluding carboxylic acids is 2. The van der Waals surface area contributed by atoms with Crippen LogP contribution in [0.1, 0.15) is 13.8 Å². The smallest absolute Gasteiger partial charge is 0.237 e. The molecule has 0 bridgehead atoms. The first kappa shape index (κ1) is 18.2. The molecule has 2 aliphatic heterocycles. The highest BCUT2D eigenvalue weighted by atomic mass is 16.5. The van der Waals surface area contributed by atoms with Gasteiger partial charge in [0.2, 0.25) is 11.8 Å². The van der Waals surface area contributed by atoms with Crippen LogP contribution in [-0.2, 0) is 14.3 Å². The standard InChI is InChI=1S/C16H30N4O3/c1-16(2,15(22)20-8-6-18(3)7-9-20)14(21)17-4-5-19-10-12-23-13-11-19/h4-13H2,1-3H3,(H,17,21). The highest BCUT2D eigenvalue weighted by Crippen LogP contribution is 2.20. The molecule has 2 saturated heterocycles. The number of ether oxygens (including phenoxy) is 1. The molecule has 0 spiro atoms. The first-order valence-corrected chi connectivity index (χ1v) is 8.47. The van der Waals surface area contributed by atoms with Gasteiger partial charge in [-0.3, -0.25) is 14.5 Å². The SMILES string of the molecule is CN1CCN(C(=O)C(C)(C)C(=O)NCCN2CCOCC2)CC1. The Labute approximate surface area is 138 Å². The molecule has 1 N–H and O–H groups in total. The number of hydrogen-bond donors (Lipinski definition) is 1. The lowest BCUT2D eigenvalue weighted by Gasteiger charge is -2.36. The molecule has 2 aliphatic rings. The van der Waals surface area contributed by atoms with E-state index in [2.05, 4.69) is 15.1 Å². The first-order valence-electron chi connectivity index (χ1n) is 8.47. The summed E-state index contributed by atoms with van der Waals surface area (Å²) in [5.74, 6) is -0.260. The van der Waals surface area contributed by atoms with Crippen LogP contribution in [0.15, 0.2) is 0 Å². The molecule has 0 aromatic carbocycles. The Morgan fingerprint density at radius 3 is 2.26 bits per heavy atom. The lowest BCUT2D eigenvalue weighted by atomic mass is 9.90. The summed E-state index contributed by atoms with van der Waals surface area (Å²) in [6, 6.07) is 0. The van der Waals surface area contributed by atoms with Crippen molar-refractivity contribution >= 4 is 11.8 Å². The van der Waals surface area contributed by atoms with E-state index in [-0.39, 0.29) is 11.8 Å². The van der Waals surface area contributed by atoms with Crippen LogP contribution in [0.2, 0.25) is 0 Å². The lowest BCUT2D eigenvalue weighted by molar-refractivity contribution is -0.149. The summed E-state index contributed by atoms with van der Waals surface area (Å²) in [4.78, 5) is 31.4. The predicted molar refractivity (Wildman–Crippen MR) is 88.1 cm³/mol. The fourth-order valence-electron chi connectivity index (χ4n) is 2.88. The second kappa shape index (κ2) is 8.08. The van der Waals surface area contributed by atoms with Crippen LogP contribution in [0, 0.1) is 5.41 Å². The number of morpholine rings is 1. The number of nitrogens with one attached hydrogen (secondary N) is 1. The van der Waals surface area contributed by atoms with Crippen molar-refractivity contribution in [1.82, 2.24) is 20.0 Å². The third-order valence-corrected chi connectivity index (χ3v) is 4.71. The third-order valence-electron chi connectivity index (χ3n) is 4.71. The van der Waals surface area contributed by atoms with Gasteiger partial charge in [-0.1, -0.05) is 0 Å². The van der Waals surface area contributed by atoms with Gasteiger partial charge in [-0.15, -0.1) is 0 Å². The van der Waals surface area contributed by atoms with E-state index in [4.69, 9.17) is 4.74 Å². The van der Waals surface area contributed by atoms with Gasteiger partial charge < -0.3 is 19.9 Å². The van der Waals surface area contributed by atoms with Crippen molar-refractivity contribution in [1.29, 1.82) is 0 Å². The maximum Gasteiger partial charge on any atom is 0.237 e. The first-order chi connectivity index (χ1) is 10.9. The van der Waals surface area contributed by atoms with Crippen molar-refractivity contribution in [3.8, 4) is 0 Å². The predicted octanol–water partition coefficient (Wildman–Crippen LogP) is -0.765. The number of likely N-dealkylation sites (N-methyl/N-ethyl adjacent to an activating group) is 1. The van der Waals surface area contributed by atoms with Crippen molar-refractivity contribution in [2.45, 2.75) is 13.8 Å². The maximum atomic E-state index is 12.7. The van der Waals surface area contributed by atoms with E-state index in [0.29, 0.717) is 19.6 Å². The maximum absolute atomic E-state index is 12.7. The van der Waals surface area contributed by atoms with Crippen molar-refractivity contribution in [2.24, 2.45) is 5.41 Å². The van der Waals surface area contributed by atoms with Crippen molar-refractivity contribution in [3.63, 3.8) is 0 Å². The van der Waals surface area contributed by atoms with E-state index in [1.54, 1.807) is 13.8 Å². The molecular formula is C16H30N4O3. The van der Waals surface area contributed by atoms with Crippen LogP contribution in [0.4, 0.5) is 0 Å². The summed E-state index contributed by atoms with van der Waals surface area (Å²) >= 11 is 0. The molecule has 2 fully saturated rings. The number of nitrogens with zero attached hydrogens (tertiary/aromatic N) is 3. The highest BCUT2D eigenvalue weighted by molar-refractivity contribution is 6.04. The minimum atomic E-state index is -1.01. The molecule has 2 amide bonds. The van der Waals surface area contributed by atoms with Gasteiger partial charge in [0.15, 0.2) is 0 Å². The van der Waals surface area contributed by atoms with E-state index in [1.165, 1.54) is 0 Å². The molecular weight excluding hydrogens is 296 g/mol. The summed E-state index contributed by atoms with van der Waals surface area (Å²) in [5, 5.41) is 2.92. The van der Waals surface area contributed by atoms with Gasteiger partial charge in [0.25, 0.3) is 0 Å². The van der Waals surface area contributed by atoms with Crippen LogP contribution >= 0.6 is 0 Å². The van der Waals surface area contributed by atoms with Crippen LogP contribution in [0.3, 0.4) is 0 Å². The summed E-state index contributed by atoms with van der Waals surface area (Å²) in [5.41, 5.74) is -1.01. The largest absolute Gasteiger partial charge is 0.379 e. The molecule has 0 saturated carbocycles. The molecule has 23 heavy (non-hydrogen) atoms. The van der Waals surface area contributed by atoms with Crippen molar-refractivity contribution in [2.75, 3.05) is 72.6 Å². The summed E-state index contributed by atoms with van der Waals surface area (Å²) in [6.45, 7) is 11.2. The molecule has 0 radical (unpaired) electrons. The second-order valence-electron chi connectivity index (χ2n) is 6.93. The number of carbonyl (C=O) groups is 2. The number of hydrogen-bond acceptors (Lipinski definition) is 5. The van der Waals surface area contributed by atoms with Gasteiger partial charge in [-0.05, 0) is 20.9 Å².